The smallest absolute Gasteiger partial charge is 0.129 e. The minimum Gasteiger partial charge on any atom is -0.507 e. The molecule has 0 atom stereocenters. The quantitative estimate of drug-likeness (QED) is 0.677. The van der Waals surface area contributed by atoms with E-state index >= 15 is 0 Å². The highest BCUT2D eigenvalue weighted by Gasteiger charge is 2.03. The number of hydrogen-bond donors (Lipinski definition) is 1. The van der Waals surface area contributed by atoms with Crippen molar-refractivity contribution in [3.05, 3.63) is 58.1 Å². The van der Waals surface area contributed by atoms with E-state index in [4.69, 9.17) is 4.74 Å². The van der Waals surface area contributed by atoms with Gasteiger partial charge in [-0.25, -0.2) is 0 Å². The Morgan fingerprint density at radius 2 is 1.95 bits per heavy atom. The fraction of sp³-hybridized carbons (Fsp3) is 0.0625. The van der Waals surface area contributed by atoms with Crippen LogP contribution in [-0.2, 0) is 0 Å². The average molecular weight is 330 g/mol. The largest absolute Gasteiger partial charge is 0.507 e. The Balaban J connectivity index is 2.37. The van der Waals surface area contributed by atoms with Gasteiger partial charge < -0.3 is 9.84 Å². The van der Waals surface area contributed by atoms with Crippen LogP contribution in [0.25, 0.3) is 11.6 Å². The molecule has 0 aliphatic heterocycles. The lowest BCUT2D eigenvalue weighted by molar-refractivity contribution is 0.415. The maximum Gasteiger partial charge on any atom is 0.129 e. The predicted molar refractivity (Wildman–Crippen MR) is 82.3 cm³/mol. The first kappa shape index (κ1) is 14.2. The van der Waals surface area contributed by atoms with Crippen molar-refractivity contribution in [1.82, 2.24) is 0 Å². The molecule has 0 amide bonds. The Labute approximate surface area is 125 Å². The van der Waals surface area contributed by atoms with Crippen LogP contribution < -0.4 is 4.74 Å². The minimum absolute atomic E-state index is 0.171. The second-order valence-corrected chi connectivity index (χ2v) is 4.96. The van der Waals surface area contributed by atoms with E-state index in [9.17, 15) is 10.4 Å². The Morgan fingerprint density at radius 1 is 1.25 bits per heavy atom. The lowest BCUT2D eigenvalue weighted by atomic mass is 10.0. The minimum atomic E-state index is 0.171. The number of methoxy groups -OCH3 is 1. The van der Waals surface area contributed by atoms with Crippen molar-refractivity contribution in [2.24, 2.45) is 0 Å². The number of phenolic OH excluding ortho intramolecular Hbond substituents is 1. The van der Waals surface area contributed by atoms with Crippen molar-refractivity contribution in [1.29, 1.82) is 5.26 Å². The summed E-state index contributed by atoms with van der Waals surface area (Å²) >= 11 is 3.25. The summed E-state index contributed by atoms with van der Waals surface area (Å²) < 4.78 is 5.69. The van der Waals surface area contributed by atoms with Gasteiger partial charge >= 0.3 is 0 Å². The molecular weight excluding hydrogens is 318 g/mol. The number of nitrogens with zero attached hydrogens (tertiary/aromatic N) is 1. The zero-order valence-electron chi connectivity index (χ0n) is 10.8. The summed E-state index contributed by atoms with van der Waals surface area (Å²) in [7, 11) is 1.60. The van der Waals surface area contributed by atoms with Crippen LogP contribution >= 0.6 is 15.9 Å². The van der Waals surface area contributed by atoms with Crippen molar-refractivity contribution in [2.45, 2.75) is 0 Å². The van der Waals surface area contributed by atoms with Crippen LogP contribution in [0.5, 0.6) is 11.5 Å². The standard InChI is InChI=1S/C16H12BrNO2/c1-20-14-5-3-12(4-6-14)13(10-18)8-11-2-7-16(19)15(17)9-11/h2-9,19H,1H3/b13-8+. The molecule has 2 aromatic rings. The molecule has 0 aromatic heterocycles. The summed E-state index contributed by atoms with van der Waals surface area (Å²) in [6, 6.07) is 14.6. The summed E-state index contributed by atoms with van der Waals surface area (Å²) in [5, 5.41) is 18.7. The van der Waals surface area contributed by atoms with Gasteiger partial charge in [0.05, 0.1) is 23.2 Å². The maximum absolute atomic E-state index is 9.46. The molecule has 100 valence electrons. The van der Waals surface area contributed by atoms with Gasteiger partial charge in [-0.05, 0) is 69.5 Å². The molecule has 0 aliphatic rings. The van der Waals surface area contributed by atoms with Gasteiger partial charge in [-0.2, -0.15) is 5.26 Å². The first-order valence-electron chi connectivity index (χ1n) is 5.89. The van der Waals surface area contributed by atoms with E-state index in [0.717, 1.165) is 16.9 Å². The molecule has 2 rings (SSSR count). The molecule has 0 aliphatic carbocycles. The van der Waals surface area contributed by atoms with Gasteiger partial charge in [0.1, 0.15) is 11.5 Å². The van der Waals surface area contributed by atoms with E-state index in [0.29, 0.717) is 10.0 Å². The number of aromatic hydroxyl groups is 1. The summed E-state index contributed by atoms with van der Waals surface area (Å²) in [4.78, 5) is 0. The first-order chi connectivity index (χ1) is 9.63. The molecule has 2 aromatic carbocycles. The zero-order valence-corrected chi connectivity index (χ0v) is 12.4. The number of hydrogen-bond acceptors (Lipinski definition) is 3. The van der Waals surface area contributed by atoms with Crippen molar-refractivity contribution >= 4 is 27.6 Å². The fourth-order valence-corrected chi connectivity index (χ4v) is 2.13. The molecule has 0 fully saturated rings. The van der Waals surface area contributed by atoms with Crippen LogP contribution in [0, 0.1) is 11.3 Å². The fourth-order valence-electron chi connectivity index (χ4n) is 1.73. The van der Waals surface area contributed by atoms with Crippen molar-refractivity contribution in [2.75, 3.05) is 7.11 Å². The molecule has 0 spiro atoms. The topological polar surface area (TPSA) is 53.2 Å². The van der Waals surface area contributed by atoms with E-state index in [-0.39, 0.29) is 5.75 Å². The molecule has 1 N–H and O–H groups in total. The monoisotopic (exact) mass is 329 g/mol. The van der Waals surface area contributed by atoms with E-state index in [1.54, 1.807) is 31.4 Å². The zero-order chi connectivity index (χ0) is 14.5. The first-order valence-corrected chi connectivity index (χ1v) is 6.68. The lowest BCUT2D eigenvalue weighted by Gasteiger charge is -2.03. The highest BCUT2D eigenvalue weighted by Crippen LogP contribution is 2.27. The van der Waals surface area contributed by atoms with Crippen LogP contribution in [0.4, 0.5) is 0 Å². The van der Waals surface area contributed by atoms with E-state index in [2.05, 4.69) is 22.0 Å². The third-order valence-corrected chi connectivity index (χ3v) is 3.44. The Morgan fingerprint density at radius 3 is 2.50 bits per heavy atom. The molecule has 3 nitrogen and oxygen atoms in total. The van der Waals surface area contributed by atoms with E-state index in [1.165, 1.54) is 0 Å². The number of allylic oxidation sites excluding steroid dienone is 1. The number of benzene rings is 2. The van der Waals surface area contributed by atoms with Crippen LogP contribution in [0.3, 0.4) is 0 Å². The summed E-state index contributed by atoms with van der Waals surface area (Å²) in [5.41, 5.74) is 2.20. The number of phenols is 1. The third-order valence-electron chi connectivity index (χ3n) is 2.80. The number of ether oxygens (including phenoxy) is 1. The van der Waals surface area contributed by atoms with Crippen LogP contribution in [0.2, 0.25) is 0 Å². The van der Waals surface area contributed by atoms with Gasteiger partial charge in [-0.3, -0.25) is 0 Å². The molecular formula is C16H12BrNO2. The molecule has 0 bridgehead atoms. The SMILES string of the molecule is COc1ccc(/C(C#N)=C/c2ccc(O)c(Br)c2)cc1. The van der Waals surface area contributed by atoms with Gasteiger partial charge in [-0.15, -0.1) is 0 Å². The van der Waals surface area contributed by atoms with Crippen molar-refractivity contribution in [3.8, 4) is 17.6 Å². The Hall–Kier alpha value is -2.25. The highest BCUT2D eigenvalue weighted by atomic mass is 79.9. The third kappa shape index (κ3) is 3.19. The number of halogens is 1. The molecule has 20 heavy (non-hydrogen) atoms. The number of rotatable bonds is 3. The second kappa shape index (κ2) is 6.27. The van der Waals surface area contributed by atoms with Crippen LogP contribution in [0.1, 0.15) is 11.1 Å². The average Bonchev–Trinajstić information content (AvgIpc) is 2.48. The molecule has 0 unspecified atom stereocenters. The summed E-state index contributed by atoms with van der Waals surface area (Å²) in [6.45, 7) is 0. The van der Waals surface area contributed by atoms with Gasteiger partial charge in [0.25, 0.3) is 0 Å². The molecule has 0 radical (unpaired) electrons. The van der Waals surface area contributed by atoms with E-state index < -0.39 is 0 Å². The molecule has 0 saturated carbocycles. The lowest BCUT2D eigenvalue weighted by Crippen LogP contribution is -1.85. The van der Waals surface area contributed by atoms with Crippen LogP contribution in [0.15, 0.2) is 46.9 Å². The summed E-state index contributed by atoms with van der Waals surface area (Å²) in [6.07, 6.45) is 1.77. The van der Waals surface area contributed by atoms with Gasteiger partial charge in [-0.1, -0.05) is 6.07 Å². The normalized spacial score (nSPS) is 10.9. The number of nitriles is 1. The van der Waals surface area contributed by atoms with E-state index in [1.807, 2.05) is 24.3 Å². The van der Waals surface area contributed by atoms with Gasteiger partial charge in [0.15, 0.2) is 0 Å². The summed E-state index contributed by atoms with van der Waals surface area (Å²) in [5.74, 6) is 0.920. The van der Waals surface area contributed by atoms with Gasteiger partial charge in [0, 0.05) is 0 Å². The Bertz CT molecular complexity index is 685. The maximum atomic E-state index is 9.46. The predicted octanol–water partition coefficient (Wildman–Crippen LogP) is 4.23. The second-order valence-electron chi connectivity index (χ2n) is 4.11. The van der Waals surface area contributed by atoms with Crippen molar-refractivity contribution in [3.63, 3.8) is 0 Å². The Kier molecular flexibility index (Phi) is 4.44. The van der Waals surface area contributed by atoms with Crippen molar-refractivity contribution < 1.29 is 9.84 Å². The van der Waals surface area contributed by atoms with Crippen LogP contribution in [-0.4, -0.2) is 12.2 Å². The van der Waals surface area contributed by atoms with Gasteiger partial charge in [0.2, 0.25) is 0 Å². The molecule has 0 heterocycles. The highest BCUT2D eigenvalue weighted by molar-refractivity contribution is 9.10. The molecule has 4 heteroatoms. The molecule has 0 saturated heterocycles.